The predicted octanol–water partition coefficient (Wildman–Crippen LogP) is 0.580. The Kier molecular flexibility index (Phi) is 4.01. The Hall–Kier alpha value is -1.74. The van der Waals surface area contributed by atoms with Gasteiger partial charge in [-0.3, -0.25) is 9.10 Å². The molecule has 3 rings (SSSR count). The van der Waals surface area contributed by atoms with E-state index in [0.717, 1.165) is 10.6 Å². The third kappa shape index (κ3) is 2.67. The number of nitrogens with zero attached hydrogens (tertiary/aromatic N) is 3. The second kappa shape index (κ2) is 5.72. The second-order valence-electron chi connectivity index (χ2n) is 5.79. The summed E-state index contributed by atoms with van der Waals surface area (Å²) in [5.74, 6) is -0.534. The Bertz CT molecular complexity index is 753. The van der Waals surface area contributed by atoms with E-state index in [1.54, 1.807) is 0 Å². The van der Waals surface area contributed by atoms with Gasteiger partial charge in [0.2, 0.25) is 16.0 Å². The molecular weight excluding hydrogens is 325 g/mol. The quantitative estimate of drug-likeness (QED) is 0.590. The molecule has 23 heavy (non-hydrogen) atoms. The molecule has 0 unspecified atom stereocenters. The first-order valence-electron chi connectivity index (χ1n) is 7.34. The highest BCUT2D eigenvalue weighted by molar-refractivity contribution is 7.92. The lowest BCUT2D eigenvalue weighted by molar-refractivity contribution is 0.0983. The number of aromatic nitrogens is 1. The summed E-state index contributed by atoms with van der Waals surface area (Å²) in [6.45, 7) is 3.64. The maximum atomic E-state index is 14.3. The van der Waals surface area contributed by atoms with Gasteiger partial charge in [-0.15, -0.1) is 0 Å². The zero-order valence-corrected chi connectivity index (χ0v) is 13.8. The first-order valence-corrected chi connectivity index (χ1v) is 9.19. The van der Waals surface area contributed by atoms with Gasteiger partial charge in [-0.25, -0.2) is 13.4 Å². The van der Waals surface area contributed by atoms with Crippen LogP contribution in [0.15, 0.2) is 0 Å². The molecule has 0 saturated carbocycles. The van der Waals surface area contributed by atoms with Gasteiger partial charge < -0.3 is 9.64 Å². The molecule has 0 aliphatic carbocycles. The molecule has 0 aromatic carbocycles. The fourth-order valence-corrected chi connectivity index (χ4v) is 4.11. The van der Waals surface area contributed by atoms with Crippen LogP contribution in [0, 0.1) is 5.95 Å². The molecule has 0 amide bonds. The molecule has 3 heterocycles. The lowest BCUT2D eigenvalue weighted by Crippen LogP contribution is -2.44. The van der Waals surface area contributed by atoms with E-state index in [4.69, 9.17) is 4.74 Å². The van der Waals surface area contributed by atoms with Gasteiger partial charge in [0.1, 0.15) is 5.82 Å². The van der Waals surface area contributed by atoms with Crippen LogP contribution in [-0.2, 0) is 21.2 Å². The highest BCUT2D eigenvalue weighted by atomic mass is 32.2. The Morgan fingerprint density at radius 2 is 2.13 bits per heavy atom. The lowest BCUT2D eigenvalue weighted by atomic mass is 10.1. The second-order valence-corrected chi connectivity index (χ2v) is 7.69. The smallest absolute Gasteiger partial charge is 0.232 e. The van der Waals surface area contributed by atoms with Crippen molar-refractivity contribution in [2.45, 2.75) is 19.4 Å². The van der Waals surface area contributed by atoms with E-state index in [9.17, 15) is 17.6 Å². The van der Waals surface area contributed by atoms with E-state index < -0.39 is 16.0 Å². The van der Waals surface area contributed by atoms with Crippen LogP contribution in [0.3, 0.4) is 0 Å². The number of hydrogen-bond acceptors (Lipinski definition) is 6. The van der Waals surface area contributed by atoms with Crippen molar-refractivity contribution in [2.75, 3.05) is 41.8 Å². The number of carbonyl (C=O) groups excluding carboxylic acids is 1. The number of pyridine rings is 1. The first-order chi connectivity index (χ1) is 10.8. The first kappa shape index (κ1) is 16.1. The van der Waals surface area contributed by atoms with Crippen molar-refractivity contribution in [1.29, 1.82) is 0 Å². The fraction of sp³-hybridized carbons (Fsp3) is 0.571. The number of morpholine rings is 1. The van der Waals surface area contributed by atoms with Crippen LogP contribution in [0.1, 0.15) is 22.8 Å². The zero-order valence-electron chi connectivity index (χ0n) is 13.0. The molecule has 0 spiro atoms. The number of carbonyl (C=O) groups is 1. The number of hydrogen-bond donors (Lipinski definition) is 0. The van der Waals surface area contributed by atoms with Crippen molar-refractivity contribution < 1.29 is 22.3 Å². The summed E-state index contributed by atoms with van der Waals surface area (Å²) in [5, 5.41) is 0. The lowest BCUT2D eigenvalue weighted by Gasteiger charge is -2.35. The van der Waals surface area contributed by atoms with Crippen LogP contribution in [0.25, 0.3) is 0 Å². The molecule has 2 aliphatic heterocycles. The maximum absolute atomic E-state index is 14.3. The number of anilines is 2. The Balaban J connectivity index is 2.20. The molecule has 1 saturated heterocycles. The minimum absolute atomic E-state index is 0.00545. The van der Waals surface area contributed by atoms with Crippen LogP contribution in [-0.4, -0.2) is 58.3 Å². The number of sulfonamides is 1. The normalized spacial score (nSPS) is 21.4. The minimum Gasteiger partial charge on any atom is -0.377 e. The van der Waals surface area contributed by atoms with E-state index in [1.165, 1.54) is 0 Å². The summed E-state index contributed by atoms with van der Waals surface area (Å²) < 4.78 is 44.7. The monoisotopic (exact) mass is 343 g/mol. The molecule has 0 bridgehead atoms. The molecule has 1 atom stereocenters. The third-order valence-electron chi connectivity index (χ3n) is 4.21. The Morgan fingerprint density at radius 3 is 2.74 bits per heavy atom. The molecule has 0 radical (unpaired) electrons. The number of halogens is 1. The maximum Gasteiger partial charge on any atom is 0.232 e. The Labute approximate surface area is 134 Å². The molecule has 0 N–H and O–H groups in total. The van der Waals surface area contributed by atoms with Gasteiger partial charge in [-0.1, -0.05) is 0 Å². The predicted molar refractivity (Wildman–Crippen MR) is 83.1 cm³/mol. The number of ether oxygens (including phenoxy) is 1. The van der Waals surface area contributed by atoms with E-state index in [1.807, 2.05) is 11.8 Å². The Morgan fingerprint density at radius 1 is 1.39 bits per heavy atom. The summed E-state index contributed by atoms with van der Waals surface area (Å²) in [5.41, 5.74) is 0.434. The number of rotatable bonds is 3. The van der Waals surface area contributed by atoms with E-state index in [-0.39, 0.29) is 23.8 Å². The van der Waals surface area contributed by atoms with Crippen LogP contribution >= 0.6 is 0 Å². The average Bonchev–Trinajstić information content (AvgIpc) is 2.92. The molecule has 126 valence electrons. The van der Waals surface area contributed by atoms with Gasteiger partial charge in [-0.2, -0.15) is 4.39 Å². The van der Waals surface area contributed by atoms with Crippen molar-refractivity contribution in [3.63, 3.8) is 0 Å². The molecule has 2 aliphatic rings. The average molecular weight is 343 g/mol. The molecule has 1 fully saturated rings. The summed E-state index contributed by atoms with van der Waals surface area (Å²) in [6.07, 6.45) is 1.78. The van der Waals surface area contributed by atoms with Crippen LogP contribution < -0.4 is 9.21 Å². The number of aldehydes is 1. The summed E-state index contributed by atoms with van der Waals surface area (Å²) in [4.78, 5) is 17.1. The highest BCUT2D eigenvalue weighted by Crippen LogP contribution is 2.39. The molecular formula is C14H18FN3O4S. The molecule has 7 nitrogen and oxygen atoms in total. The number of fused-ring (bicyclic) bond motifs is 1. The van der Waals surface area contributed by atoms with Crippen LogP contribution in [0.2, 0.25) is 0 Å². The molecule has 9 heteroatoms. The van der Waals surface area contributed by atoms with Gasteiger partial charge in [-0.05, 0) is 13.3 Å². The van der Waals surface area contributed by atoms with Gasteiger partial charge in [0.05, 0.1) is 36.8 Å². The van der Waals surface area contributed by atoms with Crippen molar-refractivity contribution in [1.82, 2.24) is 4.98 Å². The van der Waals surface area contributed by atoms with Crippen LogP contribution in [0.4, 0.5) is 15.9 Å². The van der Waals surface area contributed by atoms with Crippen molar-refractivity contribution in [3.8, 4) is 0 Å². The standard InChI is InChI=1S/C14H18FN3O4S/c1-9-8-22-6-5-17(9)14-10-3-4-18(23(2,20)21)12(10)11(7-19)13(15)16-14/h7,9H,3-6,8H2,1-2H3/t9-/m1/s1. The summed E-state index contributed by atoms with van der Waals surface area (Å²) in [7, 11) is -3.59. The van der Waals surface area contributed by atoms with Gasteiger partial charge in [0, 0.05) is 18.7 Å². The topological polar surface area (TPSA) is 79.8 Å². The minimum atomic E-state index is -3.59. The van der Waals surface area contributed by atoms with Gasteiger partial charge in [0.15, 0.2) is 6.29 Å². The summed E-state index contributed by atoms with van der Waals surface area (Å²) in [6, 6.07) is -0.00545. The zero-order chi connectivity index (χ0) is 16.8. The van der Waals surface area contributed by atoms with Crippen molar-refractivity contribution in [3.05, 3.63) is 17.1 Å². The van der Waals surface area contributed by atoms with Crippen molar-refractivity contribution >= 4 is 27.8 Å². The third-order valence-corrected chi connectivity index (χ3v) is 5.38. The van der Waals surface area contributed by atoms with Crippen LogP contribution in [0.5, 0.6) is 0 Å². The van der Waals surface area contributed by atoms with E-state index in [2.05, 4.69) is 4.98 Å². The van der Waals surface area contributed by atoms with Gasteiger partial charge >= 0.3 is 0 Å². The fourth-order valence-electron chi connectivity index (χ4n) is 3.14. The van der Waals surface area contributed by atoms with Crippen molar-refractivity contribution in [2.24, 2.45) is 0 Å². The van der Waals surface area contributed by atoms with Gasteiger partial charge in [0.25, 0.3) is 0 Å². The SMILES string of the molecule is C[C@@H]1COCCN1c1nc(F)c(C=O)c2c1CCN2S(C)(=O)=O. The van der Waals surface area contributed by atoms with E-state index >= 15 is 0 Å². The van der Waals surface area contributed by atoms with E-state index in [0.29, 0.717) is 43.8 Å². The molecule has 1 aromatic heterocycles. The summed E-state index contributed by atoms with van der Waals surface area (Å²) >= 11 is 0. The largest absolute Gasteiger partial charge is 0.377 e. The highest BCUT2D eigenvalue weighted by Gasteiger charge is 2.36. The molecule has 1 aromatic rings.